The van der Waals surface area contributed by atoms with Gasteiger partial charge in [0, 0.05) is 5.92 Å². The van der Waals surface area contributed by atoms with Gasteiger partial charge in [0.2, 0.25) is 0 Å². The molecule has 2 aliphatic rings. The van der Waals surface area contributed by atoms with E-state index < -0.39 is 73.9 Å². The van der Waals surface area contributed by atoms with Gasteiger partial charge in [-0.05, 0) is 6.42 Å². The maximum Gasteiger partial charge on any atom is 0.338 e. The second kappa shape index (κ2) is 7.36. The molecule has 7 N–H and O–H groups in total. The number of ether oxygens (including phenoxy) is 2. The van der Waals surface area contributed by atoms with Crippen molar-refractivity contribution in [3.63, 3.8) is 0 Å². The molecule has 0 radical (unpaired) electrons. The lowest BCUT2D eigenvalue weighted by Gasteiger charge is -2.44. The fourth-order valence-corrected chi connectivity index (χ4v) is 3.01. The van der Waals surface area contributed by atoms with Crippen LogP contribution in [0.25, 0.3) is 0 Å². The maximum atomic E-state index is 11.3. The molecule has 2 fully saturated rings. The van der Waals surface area contributed by atoms with Gasteiger partial charge in [-0.25, -0.2) is 4.79 Å². The molecule has 2 rings (SSSR count). The number of carbonyl (C=O) groups excluding carboxylic acids is 1. The predicted octanol–water partition coefficient (Wildman–Crippen LogP) is -4.53. The van der Waals surface area contributed by atoms with Gasteiger partial charge >= 0.3 is 5.97 Å². The number of carbonyl (C=O) groups is 1. The molecular weight excluding hydrogens is 316 g/mol. The number of aliphatic hydroxyl groups excluding tert-OH is 7. The summed E-state index contributed by atoms with van der Waals surface area (Å²) in [7, 11) is 0. The Morgan fingerprint density at radius 2 is 1.35 bits per heavy atom. The molecule has 0 aromatic heterocycles. The minimum Gasteiger partial charge on any atom is -0.458 e. The quantitative estimate of drug-likeness (QED) is 0.247. The first kappa shape index (κ1) is 18.5. The molecular formula is C13H22O10. The molecule has 23 heavy (non-hydrogen) atoms. The zero-order valence-electron chi connectivity index (χ0n) is 12.2. The largest absolute Gasteiger partial charge is 0.458 e. The molecule has 0 spiro atoms. The van der Waals surface area contributed by atoms with Crippen molar-refractivity contribution in [3.8, 4) is 0 Å². The number of hydrogen-bond donors (Lipinski definition) is 7. The summed E-state index contributed by atoms with van der Waals surface area (Å²) < 4.78 is 10.1. The normalized spacial score (nSPS) is 48.1. The molecule has 9 atom stereocenters. The highest BCUT2D eigenvalue weighted by Crippen LogP contribution is 2.32. The monoisotopic (exact) mass is 338 g/mol. The van der Waals surface area contributed by atoms with E-state index in [0.29, 0.717) is 0 Å². The summed E-state index contributed by atoms with van der Waals surface area (Å²) in [5.74, 6) is -2.03. The van der Waals surface area contributed by atoms with Crippen LogP contribution in [0.3, 0.4) is 0 Å². The lowest BCUT2D eigenvalue weighted by Crippen LogP contribution is -2.61. The van der Waals surface area contributed by atoms with Crippen molar-refractivity contribution in [1.82, 2.24) is 0 Å². The molecule has 0 aromatic carbocycles. The van der Waals surface area contributed by atoms with E-state index in [4.69, 9.17) is 14.6 Å². The van der Waals surface area contributed by atoms with Gasteiger partial charge in [-0.2, -0.15) is 0 Å². The van der Waals surface area contributed by atoms with Crippen molar-refractivity contribution in [2.24, 2.45) is 5.92 Å². The molecule has 0 saturated carbocycles. The summed E-state index contributed by atoms with van der Waals surface area (Å²) in [5, 5.41) is 67.4. The van der Waals surface area contributed by atoms with Crippen LogP contribution in [-0.4, -0.2) is 104 Å². The summed E-state index contributed by atoms with van der Waals surface area (Å²) in [6.07, 6.45) is -11.5. The average molecular weight is 338 g/mol. The first-order valence-corrected chi connectivity index (χ1v) is 7.29. The van der Waals surface area contributed by atoms with E-state index in [9.17, 15) is 35.4 Å². The minimum atomic E-state index is -1.80. The van der Waals surface area contributed by atoms with Gasteiger partial charge in [-0.15, -0.1) is 0 Å². The number of rotatable bonds is 4. The van der Waals surface area contributed by atoms with Crippen LogP contribution < -0.4 is 0 Å². The van der Waals surface area contributed by atoms with E-state index in [1.165, 1.54) is 0 Å². The van der Waals surface area contributed by atoms with E-state index in [-0.39, 0.29) is 6.42 Å². The Labute approximate surface area is 131 Å². The van der Waals surface area contributed by atoms with Gasteiger partial charge in [0.05, 0.1) is 25.4 Å². The van der Waals surface area contributed by atoms with Crippen molar-refractivity contribution in [3.05, 3.63) is 0 Å². The summed E-state index contributed by atoms with van der Waals surface area (Å²) in [4.78, 5) is 11.3. The van der Waals surface area contributed by atoms with Crippen LogP contribution >= 0.6 is 0 Å². The summed E-state index contributed by atoms with van der Waals surface area (Å²) in [6, 6.07) is 0. The molecule has 10 nitrogen and oxygen atoms in total. The van der Waals surface area contributed by atoms with Crippen molar-refractivity contribution < 1.29 is 50.0 Å². The molecule has 134 valence electrons. The number of esters is 1. The van der Waals surface area contributed by atoms with Gasteiger partial charge in [0.1, 0.15) is 30.5 Å². The lowest BCUT2D eigenvalue weighted by atomic mass is 9.82. The highest BCUT2D eigenvalue weighted by Gasteiger charge is 2.49. The standard InChI is InChI=1S/C13H22O10/c14-2-6-4(8(16)12(20)13(21)23-6)1-5-9(17)11(19)10(18)7(3-15)22-5/h4-12,14-20H,1-3H2/t4-,5?,6-,7?,8+,9?,10?,11?,12-/m1/s1. The van der Waals surface area contributed by atoms with Gasteiger partial charge < -0.3 is 45.2 Å². The van der Waals surface area contributed by atoms with Gasteiger partial charge in [-0.1, -0.05) is 0 Å². The van der Waals surface area contributed by atoms with Crippen LogP contribution in [0.2, 0.25) is 0 Å². The summed E-state index contributed by atoms with van der Waals surface area (Å²) >= 11 is 0. The smallest absolute Gasteiger partial charge is 0.338 e. The Balaban J connectivity index is 2.13. The minimum absolute atomic E-state index is 0.182. The molecule has 0 amide bonds. The van der Waals surface area contributed by atoms with Crippen LogP contribution in [0, 0.1) is 5.92 Å². The van der Waals surface area contributed by atoms with Crippen molar-refractivity contribution >= 4 is 5.97 Å². The fraction of sp³-hybridized carbons (Fsp3) is 0.923. The Hall–Kier alpha value is -0.850. The molecule has 10 heteroatoms. The van der Waals surface area contributed by atoms with Gasteiger partial charge in [-0.3, -0.25) is 0 Å². The topological polar surface area (TPSA) is 177 Å². The molecule has 0 aliphatic carbocycles. The Bertz CT molecular complexity index is 414. The third-order valence-electron chi connectivity index (χ3n) is 4.42. The van der Waals surface area contributed by atoms with Crippen molar-refractivity contribution in [1.29, 1.82) is 0 Å². The third-order valence-corrected chi connectivity index (χ3v) is 4.42. The van der Waals surface area contributed by atoms with Crippen LogP contribution in [0.15, 0.2) is 0 Å². The molecule has 5 unspecified atom stereocenters. The highest BCUT2D eigenvalue weighted by molar-refractivity contribution is 5.76. The van der Waals surface area contributed by atoms with Crippen LogP contribution in [0.1, 0.15) is 6.42 Å². The summed E-state index contributed by atoms with van der Waals surface area (Å²) in [5.41, 5.74) is 0. The molecule has 0 aromatic rings. The number of hydrogen-bond acceptors (Lipinski definition) is 10. The SMILES string of the molecule is O=C1O[C@H](CO)[C@@H](CC2OC(CO)C(O)C(O)C2O)[C@H](O)[C@H]1O. The van der Waals surface area contributed by atoms with Gasteiger partial charge in [0.15, 0.2) is 6.10 Å². The predicted molar refractivity (Wildman–Crippen MR) is 70.9 cm³/mol. The van der Waals surface area contributed by atoms with E-state index in [2.05, 4.69) is 0 Å². The Morgan fingerprint density at radius 1 is 0.783 bits per heavy atom. The lowest BCUT2D eigenvalue weighted by molar-refractivity contribution is -0.242. The fourth-order valence-electron chi connectivity index (χ4n) is 3.01. The first-order valence-electron chi connectivity index (χ1n) is 7.29. The molecule has 0 bridgehead atoms. The summed E-state index contributed by atoms with van der Waals surface area (Å²) in [6.45, 7) is -1.21. The second-order valence-electron chi connectivity index (χ2n) is 5.86. The van der Waals surface area contributed by atoms with Crippen LogP contribution in [0.5, 0.6) is 0 Å². The maximum absolute atomic E-state index is 11.3. The highest BCUT2D eigenvalue weighted by atomic mass is 16.6. The van der Waals surface area contributed by atoms with E-state index >= 15 is 0 Å². The van der Waals surface area contributed by atoms with Gasteiger partial charge in [0.25, 0.3) is 0 Å². The van der Waals surface area contributed by atoms with E-state index in [0.717, 1.165) is 0 Å². The van der Waals surface area contributed by atoms with Crippen molar-refractivity contribution in [2.45, 2.75) is 55.3 Å². The second-order valence-corrected chi connectivity index (χ2v) is 5.86. The molecule has 2 heterocycles. The van der Waals surface area contributed by atoms with E-state index in [1.807, 2.05) is 0 Å². The first-order chi connectivity index (χ1) is 10.8. The third kappa shape index (κ3) is 3.49. The zero-order chi connectivity index (χ0) is 17.3. The number of cyclic esters (lactones) is 1. The van der Waals surface area contributed by atoms with E-state index in [1.54, 1.807) is 0 Å². The Morgan fingerprint density at radius 3 is 1.91 bits per heavy atom. The van der Waals surface area contributed by atoms with Crippen LogP contribution in [-0.2, 0) is 14.3 Å². The molecule has 2 aliphatic heterocycles. The average Bonchev–Trinajstić information content (AvgIpc) is 2.55. The van der Waals surface area contributed by atoms with Crippen LogP contribution in [0.4, 0.5) is 0 Å². The molecule has 2 saturated heterocycles. The number of aliphatic hydroxyl groups is 7. The van der Waals surface area contributed by atoms with Crippen molar-refractivity contribution in [2.75, 3.05) is 13.2 Å². The Kier molecular flexibility index (Phi) is 5.92. The zero-order valence-corrected chi connectivity index (χ0v) is 12.2.